The van der Waals surface area contributed by atoms with Crippen molar-refractivity contribution < 1.29 is 13.2 Å². The summed E-state index contributed by atoms with van der Waals surface area (Å²) in [6.07, 6.45) is 0. The molecule has 6 nitrogen and oxygen atoms in total. The van der Waals surface area contributed by atoms with Gasteiger partial charge in [0.2, 0.25) is 15.9 Å². The van der Waals surface area contributed by atoms with Crippen LogP contribution < -0.4 is 5.32 Å². The first-order valence-electron chi connectivity index (χ1n) is 7.86. The molecule has 1 amide bonds. The Morgan fingerprint density at radius 3 is 2.22 bits per heavy atom. The largest absolute Gasteiger partial charge is 0.352 e. The fourth-order valence-corrected chi connectivity index (χ4v) is 3.77. The monoisotopic (exact) mass is 339 g/mol. The van der Waals surface area contributed by atoms with Crippen molar-refractivity contribution in [2.75, 3.05) is 33.2 Å². The van der Waals surface area contributed by atoms with Crippen LogP contribution in [0.4, 0.5) is 0 Å². The molecule has 0 bridgehead atoms. The number of amides is 1. The topological polar surface area (TPSA) is 69.7 Å². The molecule has 2 rings (SSSR count). The van der Waals surface area contributed by atoms with Crippen LogP contribution in [-0.2, 0) is 21.4 Å². The van der Waals surface area contributed by atoms with Gasteiger partial charge in [-0.1, -0.05) is 26.0 Å². The Labute approximate surface area is 138 Å². The van der Waals surface area contributed by atoms with Gasteiger partial charge in [0, 0.05) is 38.6 Å². The van der Waals surface area contributed by atoms with Crippen molar-refractivity contribution in [3.63, 3.8) is 0 Å². The molecule has 0 aliphatic carbocycles. The van der Waals surface area contributed by atoms with Crippen LogP contribution >= 0.6 is 0 Å². The average molecular weight is 339 g/mol. The molecule has 0 spiro atoms. The third-order valence-corrected chi connectivity index (χ3v) is 5.93. The van der Waals surface area contributed by atoms with Crippen molar-refractivity contribution in [3.05, 3.63) is 29.8 Å². The average Bonchev–Trinajstić information content (AvgIpc) is 2.53. The maximum atomic E-state index is 12.6. The van der Waals surface area contributed by atoms with E-state index in [0.717, 1.165) is 18.7 Å². The lowest BCUT2D eigenvalue weighted by molar-refractivity contribution is -0.124. The molecule has 7 heteroatoms. The fraction of sp³-hybridized carbons (Fsp3) is 0.562. The highest BCUT2D eigenvalue weighted by molar-refractivity contribution is 7.89. The number of rotatable bonds is 5. The number of carbonyl (C=O) groups is 1. The zero-order valence-corrected chi connectivity index (χ0v) is 14.8. The standard InChI is InChI=1S/C16H25N3O3S/c1-13(2)16(20)17-12-14-4-6-15(7-5-14)23(21,22)19-10-8-18(3)9-11-19/h4-7,13H,8-12H2,1-3H3,(H,17,20). The molecule has 1 fully saturated rings. The van der Waals surface area contributed by atoms with Gasteiger partial charge in [-0.25, -0.2) is 8.42 Å². The smallest absolute Gasteiger partial charge is 0.243 e. The minimum absolute atomic E-state index is 0.0147. The lowest BCUT2D eigenvalue weighted by Crippen LogP contribution is -2.47. The molecular weight excluding hydrogens is 314 g/mol. The molecule has 0 aromatic heterocycles. The summed E-state index contributed by atoms with van der Waals surface area (Å²) in [7, 11) is -1.44. The molecule has 1 aliphatic heterocycles. The molecule has 1 heterocycles. The normalized spacial score (nSPS) is 17.4. The van der Waals surface area contributed by atoms with E-state index in [2.05, 4.69) is 10.2 Å². The SMILES string of the molecule is CC(C)C(=O)NCc1ccc(S(=O)(=O)N2CCN(C)CC2)cc1. The van der Waals surface area contributed by atoms with Crippen molar-refractivity contribution in [1.29, 1.82) is 0 Å². The second-order valence-electron chi connectivity index (χ2n) is 6.22. The Balaban J connectivity index is 2.02. The molecular formula is C16H25N3O3S. The molecule has 1 saturated heterocycles. The summed E-state index contributed by atoms with van der Waals surface area (Å²) in [6.45, 7) is 6.61. The summed E-state index contributed by atoms with van der Waals surface area (Å²) in [5.74, 6) is -0.0778. The summed E-state index contributed by atoms with van der Waals surface area (Å²) >= 11 is 0. The summed E-state index contributed by atoms with van der Waals surface area (Å²) in [5, 5.41) is 2.82. The Bertz CT molecular complexity index is 633. The maximum absolute atomic E-state index is 12.6. The number of nitrogens with zero attached hydrogens (tertiary/aromatic N) is 2. The summed E-state index contributed by atoms with van der Waals surface area (Å²) in [4.78, 5) is 14.0. The quantitative estimate of drug-likeness (QED) is 0.865. The number of benzene rings is 1. The third-order valence-electron chi connectivity index (χ3n) is 4.01. The van der Waals surface area contributed by atoms with E-state index in [4.69, 9.17) is 0 Å². The highest BCUT2D eigenvalue weighted by atomic mass is 32.2. The van der Waals surface area contributed by atoms with E-state index in [1.807, 2.05) is 20.9 Å². The predicted octanol–water partition coefficient (Wildman–Crippen LogP) is 0.895. The predicted molar refractivity (Wildman–Crippen MR) is 89.4 cm³/mol. The van der Waals surface area contributed by atoms with Gasteiger partial charge in [0.1, 0.15) is 0 Å². The lowest BCUT2D eigenvalue weighted by Gasteiger charge is -2.31. The second-order valence-corrected chi connectivity index (χ2v) is 8.16. The van der Waals surface area contributed by atoms with Gasteiger partial charge in [0.05, 0.1) is 4.90 Å². The number of nitrogens with one attached hydrogen (secondary N) is 1. The summed E-state index contributed by atoms with van der Waals surface area (Å²) in [5.41, 5.74) is 0.885. The maximum Gasteiger partial charge on any atom is 0.243 e. The summed E-state index contributed by atoms with van der Waals surface area (Å²) < 4.78 is 26.7. The number of piperazine rings is 1. The molecule has 1 aromatic rings. The van der Waals surface area contributed by atoms with Gasteiger partial charge in [-0.15, -0.1) is 0 Å². The number of carbonyl (C=O) groups excluding carboxylic acids is 1. The van der Waals surface area contributed by atoms with Gasteiger partial charge >= 0.3 is 0 Å². The molecule has 0 saturated carbocycles. The van der Waals surface area contributed by atoms with Crippen LogP contribution in [0.3, 0.4) is 0 Å². The molecule has 1 aliphatic rings. The Kier molecular flexibility index (Phi) is 5.78. The van der Waals surface area contributed by atoms with Crippen LogP contribution in [0.2, 0.25) is 0 Å². The zero-order chi connectivity index (χ0) is 17.0. The van der Waals surface area contributed by atoms with Crippen molar-refractivity contribution in [2.45, 2.75) is 25.3 Å². The molecule has 1 aromatic carbocycles. The van der Waals surface area contributed by atoms with Crippen LogP contribution in [0.1, 0.15) is 19.4 Å². The molecule has 0 radical (unpaired) electrons. The Morgan fingerprint density at radius 2 is 1.70 bits per heavy atom. The van der Waals surface area contributed by atoms with Crippen LogP contribution in [-0.4, -0.2) is 56.8 Å². The highest BCUT2D eigenvalue weighted by Crippen LogP contribution is 2.18. The van der Waals surface area contributed by atoms with E-state index in [1.165, 1.54) is 4.31 Å². The van der Waals surface area contributed by atoms with Crippen molar-refractivity contribution in [1.82, 2.24) is 14.5 Å². The van der Waals surface area contributed by atoms with Crippen LogP contribution in [0.15, 0.2) is 29.2 Å². The second kappa shape index (κ2) is 7.42. The van der Waals surface area contributed by atoms with E-state index < -0.39 is 10.0 Å². The number of likely N-dealkylation sites (N-methyl/N-ethyl adjacent to an activating group) is 1. The van der Waals surface area contributed by atoms with Gasteiger partial charge < -0.3 is 10.2 Å². The third kappa shape index (κ3) is 4.53. The lowest BCUT2D eigenvalue weighted by atomic mass is 10.2. The van der Waals surface area contributed by atoms with Crippen LogP contribution in [0, 0.1) is 5.92 Å². The van der Waals surface area contributed by atoms with E-state index in [9.17, 15) is 13.2 Å². The van der Waals surface area contributed by atoms with E-state index >= 15 is 0 Å². The Morgan fingerprint density at radius 1 is 1.13 bits per heavy atom. The van der Waals surface area contributed by atoms with E-state index in [1.54, 1.807) is 24.3 Å². The van der Waals surface area contributed by atoms with E-state index in [0.29, 0.717) is 24.5 Å². The molecule has 0 atom stereocenters. The van der Waals surface area contributed by atoms with Gasteiger partial charge in [-0.05, 0) is 24.7 Å². The molecule has 23 heavy (non-hydrogen) atoms. The number of hydrogen-bond donors (Lipinski definition) is 1. The first-order valence-corrected chi connectivity index (χ1v) is 9.30. The van der Waals surface area contributed by atoms with Gasteiger partial charge in [0.15, 0.2) is 0 Å². The zero-order valence-electron chi connectivity index (χ0n) is 13.9. The summed E-state index contributed by atoms with van der Waals surface area (Å²) in [6, 6.07) is 6.74. The molecule has 0 unspecified atom stereocenters. The van der Waals surface area contributed by atoms with Crippen molar-refractivity contribution >= 4 is 15.9 Å². The van der Waals surface area contributed by atoms with Crippen molar-refractivity contribution in [3.8, 4) is 0 Å². The van der Waals surface area contributed by atoms with Gasteiger partial charge in [-0.2, -0.15) is 4.31 Å². The minimum Gasteiger partial charge on any atom is -0.352 e. The van der Waals surface area contributed by atoms with E-state index in [-0.39, 0.29) is 11.8 Å². The van der Waals surface area contributed by atoms with Crippen molar-refractivity contribution in [2.24, 2.45) is 5.92 Å². The number of hydrogen-bond acceptors (Lipinski definition) is 4. The van der Waals surface area contributed by atoms with Gasteiger partial charge in [-0.3, -0.25) is 4.79 Å². The van der Waals surface area contributed by atoms with Crippen LogP contribution in [0.5, 0.6) is 0 Å². The highest BCUT2D eigenvalue weighted by Gasteiger charge is 2.27. The van der Waals surface area contributed by atoms with Crippen LogP contribution in [0.25, 0.3) is 0 Å². The minimum atomic E-state index is -3.43. The molecule has 1 N–H and O–H groups in total. The fourth-order valence-electron chi connectivity index (χ4n) is 2.35. The first-order chi connectivity index (χ1) is 10.8. The Hall–Kier alpha value is -1.44. The molecule has 128 valence electrons. The number of sulfonamides is 1. The first kappa shape index (κ1) is 17.9. The van der Waals surface area contributed by atoms with Gasteiger partial charge in [0.25, 0.3) is 0 Å².